The third-order valence-corrected chi connectivity index (χ3v) is 3.07. The minimum Gasteiger partial charge on any atom is -0.392 e. The second-order valence-electron chi connectivity index (χ2n) is 3.99. The van der Waals surface area contributed by atoms with Crippen molar-refractivity contribution in [1.29, 1.82) is 0 Å². The van der Waals surface area contributed by atoms with Gasteiger partial charge in [0.15, 0.2) is 0 Å². The molecule has 15 heavy (non-hydrogen) atoms. The largest absolute Gasteiger partial charge is 0.392 e. The third-order valence-electron chi connectivity index (χ3n) is 3.07. The van der Waals surface area contributed by atoms with Gasteiger partial charge in [-0.05, 0) is 25.3 Å². The zero-order chi connectivity index (χ0) is 10.8. The number of hydrogen-bond acceptors (Lipinski definition) is 3. The minimum absolute atomic E-state index is 0.278. The summed E-state index contributed by atoms with van der Waals surface area (Å²) in [4.78, 5) is 6.09. The van der Waals surface area contributed by atoms with E-state index in [-0.39, 0.29) is 6.61 Å². The first-order chi connectivity index (χ1) is 7.22. The van der Waals surface area contributed by atoms with Gasteiger partial charge in [0.1, 0.15) is 11.6 Å². The highest BCUT2D eigenvalue weighted by atomic mass is 19.1. The van der Waals surface area contributed by atoms with E-state index in [2.05, 4.69) is 9.88 Å². The molecule has 0 saturated heterocycles. The van der Waals surface area contributed by atoms with Gasteiger partial charge in [0.05, 0.1) is 12.8 Å². The first kappa shape index (κ1) is 10.4. The zero-order valence-electron chi connectivity index (χ0n) is 8.78. The predicted molar refractivity (Wildman–Crippen MR) is 56.2 cm³/mol. The average Bonchev–Trinajstić information content (AvgIpc) is 2.15. The van der Waals surface area contributed by atoms with Crippen LogP contribution in [-0.2, 0) is 6.61 Å². The molecule has 0 spiro atoms. The molecule has 0 bridgehead atoms. The van der Waals surface area contributed by atoms with Gasteiger partial charge >= 0.3 is 0 Å². The van der Waals surface area contributed by atoms with Crippen molar-refractivity contribution in [3.63, 3.8) is 0 Å². The van der Waals surface area contributed by atoms with Gasteiger partial charge in [-0.1, -0.05) is 0 Å². The fraction of sp³-hybridized carbons (Fsp3) is 0.545. The van der Waals surface area contributed by atoms with Crippen LogP contribution in [0.4, 0.5) is 10.2 Å². The van der Waals surface area contributed by atoms with Crippen molar-refractivity contribution in [3.05, 3.63) is 23.6 Å². The average molecular weight is 210 g/mol. The monoisotopic (exact) mass is 210 g/mol. The molecule has 1 heterocycles. The lowest BCUT2D eigenvalue weighted by Crippen LogP contribution is -2.37. The first-order valence-electron chi connectivity index (χ1n) is 5.20. The molecule has 1 aromatic heterocycles. The Kier molecular flexibility index (Phi) is 2.86. The van der Waals surface area contributed by atoms with E-state index in [0.717, 1.165) is 5.82 Å². The second kappa shape index (κ2) is 4.14. The van der Waals surface area contributed by atoms with Crippen molar-refractivity contribution in [2.75, 3.05) is 11.9 Å². The van der Waals surface area contributed by atoms with Crippen LogP contribution in [0.1, 0.15) is 24.8 Å². The van der Waals surface area contributed by atoms with Crippen molar-refractivity contribution in [3.8, 4) is 0 Å². The van der Waals surface area contributed by atoms with E-state index in [1.807, 2.05) is 7.05 Å². The molecular formula is C11H15FN2O. The molecule has 0 aromatic carbocycles. The maximum atomic E-state index is 13.1. The maximum absolute atomic E-state index is 13.1. The van der Waals surface area contributed by atoms with Crippen molar-refractivity contribution in [1.82, 2.24) is 4.98 Å². The van der Waals surface area contributed by atoms with Gasteiger partial charge in [-0.2, -0.15) is 0 Å². The molecule has 4 heteroatoms. The van der Waals surface area contributed by atoms with Crippen molar-refractivity contribution < 1.29 is 9.50 Å². The van der Waals surface area contributed by atoms with Gasteiger partial charge in [-0.15, -0.1) is 0 Å². The lowest BCUT2D eigenvalue weighted by molar-refractivity contribution is 0.275. The van der Waals surface area contributed by atoms with Crippen LogP contribution in [0.25, 0.3) is 0 Å². The summed E-state index contributed by atoms with van der Waals surface area (Å²) in [6, 6.07) is 2.14. The molecule has 0 aliphatic heterocycles. The number of rotatable bonds is 3. The first-order valence-corrected chi connectivity index (χ1v) is 5.20. The van der Waals surface area contributed by atoms with Gasteiger partial charge in [0.25, 0.3) is 0 Å². The standard InChI is InChI=1S/C11H15FN2O/c1-14(9-3-2-4-9)11-5-8(7-15)10(12)6-13-11/h5-6,9,15H,2-4,7H2,1H3. The molecule has 1 aliphatic rings. The van der Waals surface area contributed by atoms with Crippen LogP contribution in [-0.4, -0.2) is 23.2 Å². The molecule has 2 rings (SSSR count). The quantitative estimate of drug-likeness (QED) is 0.825. The molecule has 3 nitrogen and oxygen atoms in total. The van der Waals surface area contributed by atoms with Crippen molar-refractivity contribution >= 4 is 5.82 Å². The molecule has 1 saturated carbocycles. The van der Waals surface area contributed by atoms with E-state index in [0.29, 0.717) is 11.6 Å². The van der Waals surface area contributed by atoms with Gasteiger partial charge in [-0.3, -0.25) is 0 Å². The number of aliphatic hydroxyl groups is 1. The van der Waals surface area contributed by atoms with Crippen LogP contribution in [0.15, 0.2) is 12.3 Å². The Balaban J connectivity index is 2.20. The zero-order valence-corrected chi connectivity index (χ0v) is 8.78. The highest BCUT2D eigenvalue weighted by Crippen LogP contribution is 2.27. The molecule has 1 aromatic rings. The Labute approximate surface area is 88.6 Å². The van der Waals surface area contributed by atoms with E-state index in [4.69, 9.17) is 5.11 Å². The van der Waals surface area contributed by atoms with Gasteiger partial charge in [-0.25, -0.2) is 9.37 Å². The molecule has 0 radical (unpaired) electrons. The fourth-order valence-electron chi connectivity index (χ4n) is 1.74. The molecular weight excluding hydrogens is 195 g/mol. The van der Waals surface area contributed by atoms with Crippen LogP contribution in [0.3, 0.4) is 0 Å². The predicted octanol–water partition coefficient (Wildman–Crippen LogP) is 1.70. The van der Waals surface area contributed by atoms with E-state index in [1.165, 1.54) is 25.5 Å². The van der Waals surface area contributed by atoms with Crippen molar-refractivity contribution in [2.24, 2.45) is 0 Å². The number of aliphatic hydroxyl groups excluding tert-OH is 1. The van der Waals surface area contributed by atoms with Crippen LogP contribution >= 0.6 is 0 Å². The third kappa shape index (κ3) is 1.95. The summed E-state index contributed by atoms with van der Waals surface area (Å²) in [5.41, 5.74) is 0.311. The van der Waals surface area contributed by atoms with Gasteiger partial charge in [0.2, 0.25) is 0 Å². The highest BCUT2D eigenvalue weighted by molar-refractivity contribution is 5.42. The summed E-state index contributed by atoms with van der Waals surface area (Å²) in [6.45, 7) is -0.278. The smallest absolute Gasteiger partial charge is 0.147 e. The maximum Gasteiger partial charge on any atom is 0.147 e. The molecule has 0 amide bonds. The number of halogens is 1. The topological polar surface area (TPSA) is 36.4 Å². The van der Waals surface area contributed by atoms with Crippen LogP contribution in [0, 0.1) is 5.82 Å². The molecule has 1 N–H and O–H groups in total. The number of pyridine rings is 1. The van der Waals surface area contributed by atoms with Crippen LogP contribution in [0.2, 0.25) is 0 Å². The summed E-state index contributed by atoms with van der Waals surface area (Å²) in [6.07, 6.45) is 4.77. The van der Waals surface area contributed by atoms with Crippen LogP contribution < -0.4 is 4.90 Å². The van der Waals surface area contributed by atoms with E-state index in [9.17, 15) is 4.39 Å². The number of anilines is 1. The Hall–Kier alpha value is -1.16. The summed E-state index contributed by atoms with van der Waals surface area (Å²) in [7, 11) is 1.96. The summed E-state index contributed by atoms with van der Waals surface area (Å²) in [5.74, 6) is 0.299. The van der Waals surface area contributed by atoms with Gasteiger partial charge < -0.3 is 10.0 Å². The Bertz CT molecular complexity index is 352. The Morgan fingerprint density at radius 2 is 2.33 bits per heavy atom. The van der Waals surface area contributed by atoms with E-state index >= 15 is 0 Å². The molecule has 0 unspecified atom stereocenters. The SMILES string of the molecule is CN(c1cc(CO)c(F)cn1)C1CCC1. The fourth-order valence-corrected chi connectivity index (χ4v) is 1.74. The summed E-state index contributed by atoms with van der Waals surface area (Å²) >= 11 is 0. The van der Waals surface area contributed by atoms with E-state index < -0.39 is 5.82 Å². The highest BCUT2D eigenvalue weighted by Gasteiger charge is 2.23. The molecule has 1 fully saturated rings. The minimum atomic E-state index is -0.441. The summed E-state index contributed by atoms with van der Waals surface area (Å²) in [5, 5.41) is 8.95. The second-order valence-corrected chi connectivity index (χ2v) is 3.99. The Morgan fingerprint density at radius 3 is 2.87 bits per heavy atom. The van der Waals surface area contributed by atoms with Crippen LogP contribution in [0.5, 0.6) is 0 Å². The lowest BCUT2D eigenvalue weighted by atomic mass is 9.92. The number of hydrogen-bond donors (Lipinski definition) is 1. The number of nitrogens with zero attached hydrogens (tertiary/aromatic N) is 2. The molecule has 1 aliphatic carbocycles. The van der Waals surface area contributed by atoms with Gasteiger partial charge in [0, 0.05) is 18.7 Å². The van der Waals surface area contributed by atoms with Crippen molar-refractivity contribution in [2.45, 2.75) is 31.9 Å². The van der Waals surface area contributed by atoms with E-state index in [1.54, 1.807) is 6.07 Å². The molecule has 82 valence electrons. The number of aromatic nitrogens is 1. The Morgan fingerprint density at radius 1 is 1.60 bits per heavy atom. The lowest BCUT2D eigenvalue weighted by Gasteiger charge is -2.35. The summed E-state index contributed by atoms with van der Waals surface area (Å²) < 4.78 is 13.1. The normalized spacial score (nSPS) is 16.2. The molecule has 0 atom stereocenters.